The molecule has 3 aromatic rings. The summed E-state index contributed by atoms with van der Waals surface area (Å²) in [5, 5.41) is 7.80. The van der Waals surface area contributed by atoms with Crippen LogP contribution in [0.3, 0.4) is 0 Å². The third kappa shape index (κ3) is 3.66. The van der Waals surface area contributed by atoms with Crippen LogP contribution in [0.1, 0.15) is 56.0 Å². The molecule has 2 aliphatic rings. The monoisotopic (exact) mass is 429 g/mol. The van der Waals surface area contributed by atoms with Gasteiger partial charge in [0.1, 0.15) is 5.82 Å². The van der Waals surface area contributed by atoms with E-state index in [9.17, 15) is 9.18 Å². The quantitative estimate of drug-likeness (QED) is 0.571. The lowest BCUT2D eigenvalue weighted by molar-refractivity contribution is -0.119. The normalized spacial score (nSPS) is 22.6. The number of halogens is 1. The topological polar surface area (TPSA) is 46.9 Å². The summed E-state index contributed by atoms with van der Waals surface area (Å²) in [6.07, 6.45) is 8.26. The van der Waals surface area contributed by atoms with Crippen molar-refractivity contribution in [2.24, 2.45) is 11.3 Å². The zero-order valence-electron chi connectivity index (χ0n) is 18.5. The highest BCUT2D eigenvalue weighted by Gasteiger charge is 2.46. The molecule has 1 fully saturated rings. The first-order valence-electron chi connectivity index (χ1n) is 11.3. The molecule has 0 radical (unpaired) electrons. The van der Waals surface area contributed by atoms with E-state index in [0.717, 1.165) is 42.6 Å². The summed E-state index contributed by atoms with van der Waals surface area (Å²) in [6, 6.07) is 16.8. The van der Waals surface area contributed by atoms with Gasteiger partial charge in [0, 0.05) is 6.92 Å². The number of benzene rings is 2. The first kappa shape index (κ1) is 20.7. The van der Waals surface area contributed by atoms with E-state index >= 15 is 0 Å². The van der Waals surface area contributed by atoms with Crippen LogP contribution >= 0.6 is 0 Å². The number of amides is 1. The number of rotatable bonds is 5. The molecule has 1 heterocycles. The van der Waals surface area contributed by atoms with Crippen molar-refractivity contribution in [1.29, 1.82) is 0 Å². The molecule has 164 valence electrons. The first-order chi connectivity index (χ1) is 15.4. The number of hydrogen-bond acceptors (Lipinski definition) is 2. The number of hydrogen-bond donors (Lipinski definition) is 1. The predicted molar refractivity (Wildman–Crippen MR) is 124 cm³/mol. The molecule has 2 aliphatic carbocycles. The van der Waals surface area contributed by atoms with E-state index in [1.165, 1.54) is 23.3 Å². The van der Waals surface area contributed by atoms with Gasteiger partial charge < -0.3 is 5.32 Å². The fourth-order valence-corrected chi connectivity index (χ4v) is 5.59. The van der Waals surface area contributed by atoms with Crippen molar-refractivity contribution in [2.75, 3.05) is 0 Å². The molecular weight excluding hydrogens is 401 g/mol. The van der Waals surface area contributed by atoms with E-state index in [4.69, 9.17) is 0 Å². The number of carbonyl (C=O) groups is 1. The Kier molecular flexibility index (Phi) is 5.20. The third-order valence-corrected chi connectivity index (χ3v) is 7.32. The molecule has 5 rings (SSSR count). The Morgan fingerprint density at radius 1 is 1.22 bits per heavy atom. The molecule has 1 aromatic heterocycles. The van der Waals surface area contributed by atoms with Crippen LogP contribution in [0.25, 0.3) is 11.8 Å². The highest BCUT2D eigenvalue weighted by Crippen LogP contribution is 2.55. The number of allylic oxidation sites excluding steroid dienone is 1. The van der Waals surface area contributed by atoms with Crippen molar-refractivity contribution in [2.45, 2.75) is 45.6 Å². The van der Waals surface area contributed by atoms with Crippen molar-refractivity contribution in [1.82, 2.24) is 15.1 Å². The molecule has 5 heteroatoms. The Morgan fingerprint density at radius 3 is 2.69 bits per heavy atom. The van der Waals surface area contributed by atoms with Crippen LogP contribution in [-0.2, 0) is 11.2 Å². The molecule has 3 atom stereocenters. The Hall–Kier alpha value is -3.21. The molecular formula is C27H28FN3O. The molecule has 1 N–H and O–H groups in total. The van der Waals surface area contributed by atoms with Gasteiger partial charge in [-0.2, -0.15) is 5.10 Å². The summed E-state index contributed by atoms with van der Waals surface area (Å²) in [5.41, 5.74) is 5.86. The SMILES string of the molecule is CC(=O)NC(C[C@H]1CCC2=Cc3c(cnn3-c3ccc(F)cc3)C[C@@]21C)c1ccccc1. The number of nitrogens with one attached hydrogen (secondary N) is 1. The van der Waals surface area contributed by atoms with E-state index in [2.05, 4.69) is 35.5 Å². The Bertz CT molecular complexity index is 1170. The smallest absolute Gasteiger partial charge is 0.217 e. The average molecular weight is 430 g/mol. The lowest BCUT2D eigenvalue weighted by atomic mass is 9.68. The standard InChI is InChI=1S/C27H28FN3O/c1-18(32)30-25(19-6-4-3-5-7-19)14-21-8-9-22-15-26-20(16-27(21,22)2)17-29-31(26)24-12-10-23(28)11-13-24/h3-7,10-13,15,17,21,25H,8-9,14,16H2,1-2H3,(H,30,32)/t21-,25?,27-/m1/s1. The fourth-order valence-electron chi connectivity index (χ4n) is 5.59. The maximum Gasteiger partial charge on any atom is 0.217 e. The van der Waals surface area contributed by atoms with E-state index < -0.39 is 0 Å². The van der Waals surface area contributed by atoms with Crippen LogP contribution < -0.4 is 5.32 Å². The second-order valence-corrected chi connectivity index (χ2v) is 9.34. The maximum absolute atomic E-state index is 13.4. The van der Waals surface area contributed by atoms with Gasteiger partial charge in [0.2, 0.25) is 5.91 Å². The van der Waals surface area contributed by atoms with E-state index in [-0.39, 0.29) is 23.2 Å². The lowest BCUT2D eigenvalue weighted by Crippen LogP contribution is -2.34. The first-order valence-corrected chi connectivity index (χ1v) is 11.3. The van der Waals surface area contributed by atoms with E-state index in [0.29, 0.717) is 5.92 Å². The highest BCUT2D eigenvalue weighted by atomic mass is 19.1. The van der Waals surface area contributed by atoms with Gasteiger partial charge in [-0.15, -0.1) is 0 Å². The highest BCUT2D eigenvalue weighted by molar-refractivity contribution is 5.73. The van der Waals surface area contributed by atoms with Gasteiger partial charge in [0.15, 0.2) is 0 Å². The van der Waals surface area contributed by atoms with Gasteiger partial charge in [-0.25, -0.2) is 9.07 Å². The lowest BCUT2D eigenvalue weighted by Gasteiger charge is -2.37. The van der Waals surface area contributed by atoms with Crippen molar-refractivity contribution in [3.8, 4) is 5.69 Å². The van der Waals surface area contributed by atoms with Crippen LogP contribution in [-0.4, -0.2) is 15.7 Å². The second-order valence-electron chi connectivity index (χ2n) is 9.34. The summed E-state index contributed by atoms with van der Waals surface area (Å²) >= 11 is 0. The van der Waals surface area contributed by atoms with Crippen LogP contribution in [0.5, 0.6) is 0 Å². The molecule has 0 saturated heterocycles. The molecule has 1 saturated carbocycles. The molecule has 4 nitrogen and oxygen atoms in total. The molecule has 0 aliphatic heterocycles. The van der Waals surface area contributed by atoms with Gasteiger partial charge in [-0.3, -0.25) is 4.79 Å². The van der Waals surface area contributed by atoms with Gasteiger partial charge in [0.05, 0.1) is 23.6 Å². The van der Waals surface area contributed by atoms with Crippen molar-refractivity contribution < 1.29 is 9.18 Å². The van der Waals surface area contributed by atoms with Crippen LogP contribution in [0.4, 0.5) is 4.39 Å². The Labute approximate surface area is 188 Å². The fraction of sp³-hybridized carbons (Fsp3) is 0.333. The summed E-state index contributed by atoms with van der Waals surface area (Å²) in [6.45, 7) is 3.96. The van der Waals surface area contributed by atoms with Crippen molar-refractivity contribution in [3.05, 3.63) is 89.0 Å². The van der Waals surface area contributed by atoms with Crippen molar-refractivity contribution in [3.63, 3.8) is 0 Å². The van der Waals surface area contributed by atoms with E-state index in [1.807, 2.05) is 29.1 Å². The van der Waals surface area contributed by atoms with Crippen LogP contribution in [0.2, 0.25) is 0 Å². The molecule has 32 heavy (non-hydrogen) atoms. The summed E-state index contributed by atoms with van der Waals surface area (Å²) in [4.78, 5) is 11.9. The number of aromatic nitrogens is 2. The predicted octanol–water partition coefficient (Wildman–Crippen LogP) is 5.63. The molecule has 2 aromatic carbocycles. The van der Waals surface area contributed by atoms with Crippen LogP contribution in [0, 0.1) is 17.2 Å². The Morgan fingerprint density at radius 2 is 1.97 bits per heavy atom. The summed E-state index contributed by atoms with van der Waals surface area (Å²) < 4.78 is 15.3. The minimum absolute atomic E-state index is 0.00396. The van der Waals surface area contributed by atoms with Gasteiger partial charge in [-0.05, 0) is 78.5 Å². The van der Waals surface area contributed by atoms with E-state index in [1.54, 1.807) is 19.1 Å². The minimum atomic E-state index is -0.244. The molecule has 1 unspecified atom stereocenters. The number of carbonyl (C=O) groups excluding carboxylic acids is 1. The molecule has 0 bridgehead atoms. The van der Waals surface area contributed by atoms with Gasteiger partial charge in [-0.1, -0.05) is 42.8 Å². The summed E-state index contributed by atoms with van der Waals surface area (Å²) in [7, 11) is 0. The molecule has 0 spiro atoms. The minimum Gasteiger partial charge on any atom is -0.350 e. The van der Waals surface area contributed by atoms with Gasteiger partial charge >= 0.3 is 0 Å². The van der Waals surface area contributed by atoms with Crippen molar-refractivity contribution >= 4 is 12.0 Å². The van der Waals surface area contributed by atoms with Gasteiger partial charge in [0.25, 0.3) is 0 Å². The zero-order chi connectivity index (χ0) is 22.3. The average Bonchev–Trinajstić information content (AvgIpc) is 3.32. The Balaban J connectivity index is 1.43. The maximum atomic E-state index is 13.4. The second kappa shape index (κ2) is 8.05. The third-order valence-electron chi connectivity index (χ3n) is 7.32. The zero-order valence-corrected chi connectivity index (χ0v) is 18.5. The molecule has 1 amide bonds. The van der Waals surface area contributed by atoms with Crippen LogP contribution in [0.15, 0.2) is 66.4 Å². The largest absolute Gasteiger partial charge is 0.350 e. The summed E-state index contributed by atoms with van der Waals surface area (Å²) in [5.74, 6) is 0.226. The number of nitrogens with zero attached hydrogens (tertiary/aromatic N) is 2. The number of fused-ring (bicyclic) bond motifs is 2.